The van der Waals surface area contributed by atoms with Crippen LogP contribution in [0.25, 0.3) is 6.08 Å². The fraction of sp³-hybridized carbons (Fsp3) is 0.500. The summed E-state index contributed by atoms with van der Waals surface area (Å²) in [5.41, 5.74) is 12.8. The van der Waals surface area contributed by atoms with Crippen LogP contribution < -0.4 is 0 Å². The third-order valence-corrected chi connectivity index (χ3v) is 18.7. The van der Waals surface area contributed by atoms with Crippen LogP contribution >= 0.6 is 17.9 Å². The lowest BCUT2D eigenvalue weighted by Gasteiger charge is -2.39. The molecule has 2 fully saturated rings. The largest absolute Gasteiger partial charge is 0.512 e. The Bertz CT molecular complexity index is 2400. The van der Waals surface area contributed by atoms with Crippen molar-refractivity contribution in [3.8, 4) is 0 Å². The number of aromatic nitrogens is 1. The Balaban J connectivity index is 0.953. The quantitative estimate of drug-likeness (QED) is 0.254. The van der Waals surface area contributed by atoms with Gasteiger partial charge in [-0.1, -0.05) is 86.1 Å². The highest BCUT2D eigenvalue weighted by molar-refractivity contribution is 7.30. The number of aliphatic hydroxyl groups is 2. The second-order valence-corrected chi connectivity index (χ2v) is 22.6. The molecule has 4 aliphatic heterocycles. The summed E-state index contributed by atoms with van der Waals surface area (Å²) in [5, 5.41) is 23.2. The molecule has 8 bridgehead atoms. The average molecular weight is 896 g/mol. The van der Waals surface area contributed by atoms with E-state index >= 15 is 0 Å². The van der Waals surface area contributed by atoms with Crippen molar-refractivity contribution in [2.24, 2.45) is 53.3 Å². The van der Waals surface area contributed by atoms with Crippen molar-refractivity contribution in [3.63, 3.8) is 0 Å². The molecule has 1 aromatic heterocycles. The topological polar surface area (TPSA) is 67.1 Å². The number of allylic oxidation sites excluding steroid dienone is 17. The number of hydrogen-bond donors (Lipinski definition) is 2. The SMILES string of the molecule is CC1Cc2cn(c3c2CCC=C3)[PH2+]OC2=CC=C3CCCCC3C2C2=C3CCCC3CC=C2OPN2C=C(CC(C)C3C=CC(=CC3O)CCC3C=C(O)C1CC3)C1C=CC=CC=C12. The predicted molar refractivity (Wildman–Crippen MR) is 265 cm³/mol. The van der Waals surface area contributed by atoms with Gasteiger partial charge in [-0.25, -0.2) is 0 Å². The molecule has 13 rings (SSSR count). The summed E-state index contributed by atoms with van der Waals surface area (Å²) in [6.45, 7) is 4.66. The Morgan fingerprint density at radius 2 is 1.77 bits per heavy atom. The maximum Gasteiger partial charge on any atom is 0.261 e. The van der Waals surface area contributed by atoms with E-state index in [9.17, 15) is 10.2 Å². The molecule has 336 valence electrons. The first kappa shape index (κ1) is 42.8. The van der Waals surface area contributed by atoms with Gasteiger partial charge in [-0.15, -0.1) is 0 Å². The first-order chi connectivity index (χ1) is 31.4. The van der Waals surface area contributed by atoms with E-state index in [0.717, 1.165) is 75.7 Å². The van der Waals surface area contributed by atoms with Crippen molar-refractivity contribution in [2.45, 2.75) is 123 Å². The second-order valence-electron chi connectivity index (χ2n) is 20.8. The van der Waals surface area contributed by atoms with Gasteiger partial charge in [0.15, 0.2) is 14.7 Å². The van der Waals surface area contributed by atoms with Gasteiger partial charge in [0.1, 0.15) is 5.76 Å². The minimum atomic E-state index is -0.518. The Morgan fingerprint density at radius 3 is 2.67 bits per heavy atom. The molecule has 5 heterocycles. The smallest absolute Gasteiger partial charge is 0.261 e. The van der Waals surface area contributed by atoms with Crippen LogP contribution in [0.3, 0.4) is 0 Å². The number of rotatable bonds is 0. The van der Waals surface area contributed by atoms with E-state index in [-0.39, 0.29) is 38.5 Å². The molecule has 0 spiro atoms. The molecule has 0 saturated heterocycles. The minimum Gasteiger partial charge on any atom is -0.512 e. The standard InChI is InChI=1S/C56H68N2O4P2/c1-35-29-41-33-57(49-17-5-3-4-13-45(41)49)63-62-54-28-24-40-12-10-16-48(40)56(54)55-47-15-7-6-11-39(47)23-27-53(55)61-64-58-34-42(46-14-8-9-18-50(46)58)30-36(2)44-26-22-38(32-52(44)60)20-19-37-21-25-43(35)51(59)31-37/h3-5,9,13,17-18,21,23,25,27-28,31-36,38,40,43-45,47,51,55,59-60,63-64H,6-8,10-12,14-16,19-20,22,24,26,29-30H2,1-2H3/p+1. The van der Waals surface area contributed by atoms with Gasteiger partial charge in [-0.2, -0.15) is 4.34 Å². The lowest BCUT2D eigenvalue weighted by Crippen LogP contribution is -2.29. The van der Waals surface area contributed by atoms with Crippen molar-refractivity contribution in [1.82, 2.24) is 9.01 Å². The molecule has 12 aliphatic rings. The summed E-state index contributed by atoms with van der Waals surface area (Å²) in [5.74, 6) is 5.42. The van der Waals surface area contributed by atoms with Crippen LogP contribution in [0.2, 0.25) is 0 Å². The minimum absolute atomic E-state index is 0.0606. The first-order valence-electron chi connectivity index (χ1n) is 25.0. The lowest BCUT2D eigenvalue weighted by atomic mass is 9.67. The molecule has 1 aromatic rings. The molecule has 12 atom stereocenters. The Morgan fingerprint density at radius 1 is 0.828 bits per heavy atom. The molecule has 2 N–H and O–H groups in total. The number of hydrogen-bond acceptors (Lipinski definition) is 5. The van der Waals surface area contributed by atoms with Gasteiger partial charge in [0.2, 0.25) is 0 Å². The van der Waals surface area contributed by atoms with Gasteiger partial charge in [0.05, 0.1) is 23.5 Å². The van der Waals surface area contributed by atoms with Crippen LogP contribution in [-0.4, -0.2) is 25.3 Å². The van der Waals surface area contributed by atoms with Crippen LogP contribution in [0.5, 0.6) is 0 Å². The molecule has 0 amide bonds. The van der Waals surface area contributed by atoms with Crippen molar-refractivity contribution >= 4 is 24.0 Å². The molecule has 0 radical (unpaired) electrons. The zero-order valence-corrected chi connectivity index (χ0v) is 40.2. The highest BCUT2D eigenvalue weighted by Crippen LogP contribution is 2.55. The fourth-order valence-corrected chi connectivity index (χ4v) is 15.4. The van der Waals surface area contributed by atoms with E-state index in [1.807, 2.05) is 0 Å². The summed E-state index contributed by atoms with van der Waals surface area (Å²) in [7, 11) is -0.388. The van der Waals surface area contributed by atoms with Crippen molar-refractivity contribution in [2.75, 3.05) is 0 Å². The van der Waals surface area contributed by atoms with Gasteiger partial charge < -0.3 is 19.3 Å². The van der Waals surface area contributed by atoms with Crippen LogP contribution in [-0.2, 0) is 21.9 Å². The normalized spacial score (nSPS) is 35.7. The van der Waals surface area contributed by atoms with Crippen molar-refractivity contribution in [3.05, 3.63) is 159 Å². The number of aliphatic hydroxyl groups excluding tert-OH is 2. The van der Waals surface area contributed by atoms with Gasteiger partial charge in [0.25, 0.3) is 8.96 Å². The first-order valence-corrected chi connectivity index (χ1v) is 26.9. The molecule has 0 aromatic carbocycles. The van der Waals surface area contributed by atoms with Crippen LogP contribution in [0.4, 0.5) is 0 Å². The summed E-state index contributed by atoms with van der Waals surface area (Å²) in [6.07, 6.45) is 53.8. The van der Waals surface area contributed by atoms with E-state index in [2.05, 4.69) is 120 Å². The molecule has 8 heteroatoms. The number of nitrogens with zero attached hydrogens (tertiary/aromatic N) is 2. The molecule has 8 aliphatic carbocycles. The van der Waals surface area contributed by atoms with Crippen LogP contribution in [0.1, 0.15) is 121 Å². The summed E-state index contributed by atoms with van der Waals surface area (Å²) in [4.78, 5) is 0. The van der Waals surface area contributed by atoms with Gasteiger partial charge in [-0.05, 0) is 179 Å². The lowest BCUT2D eigenvalue weighted by molar-refractivity contribution is 0.142. The Hall–Kier alpha value is -3.82. The van der Waals surface area contributed by atoms with E-state index in [1.54, 1.807) is 11.1 Å². The Kier molecular flexibility index (Phi) is 12.3. The second kappa shape index (κ2) is 18.5. The maximum atomic E-state index is 11.6. The van der Waals surface area contributed by atoms with Crippen molar-refractivity contribution < 1.29 is 19.3 Å². The highest BCUT2D eigenvalue weighted by Gasteiger charge is 2.44. The molecular formula is C56H69N2O4P2+. The zero-order chi connectivity index (χ0) is 43.3. The maximum absolute atomic E-state index is 11.6. The third-order valence-electron chi connectivity index (χ3n) is 16.8. The van der Waals surface area contributed by atoms with Crippen LogP contribution in [0.15, 0.2) is 142 Å². The van der Waals surface area contributed by atoms with Crippen LogP contribution in [0, 0.1) is 53.3 Å². The van der Waals surface area contributed by atoms with E-state index in [0.29, 0.717) is 29.4 Å². The van der Waals surface area contributed by atoms with E-state index < -0.39 is 15.1 Å². The summed E-state index contributed by atoms with van der Waals surface area (Å²) >= 11 is 0. The Labute approximate surface area is 385 Å². The predicted octanol–water partition coefficient (Wildman–Crippen LogP) is 13.9. The summed E-state index contributed by atoms with van der Waals surface area (Å²) < 4.78 is 19.4. The van der Waals surface area contributed by atoms with Crippen molar-refractivity contribution in [1.29, 1.82) is 0 Å². The van der Waals surface area contributed by atoms with Gasteiger partial charge in [0, 0.05) is 41.4 Å². The van der Waals surface area contributed by atoms with E-state index in [1.165, 1.54) is 77.8 Å². The molecule has 6 nitrogen and oxygen atoms in total. The van der Waals surface area contributed by atoms with Gasteiger partial charge in [-0.3, -0.25) is 4.67 Å². The molecular weight excluding hydrogens is 827 g/mol. The van der Waals surface area contributed by atoms with Gasteiger partial charge >= 0.3 is 0 Å². The summed E-state index contributed by atoms with van der Waals surface area (Å²) in [6, 6.07) is 0. The fourth-order valence-electron chi connectivity index (χ4n) is 13.4. The zero-order valence-electron chi connectivity index (χ0n) is 38.0. The van der Waals surface area contributed by atoms with E-state index in [4.69, 9.17) is 9.05 Å². The molecule has 12 unspecified atom stereocenters. The average Bonchev–Trinajstić information content (AvgIpc) is 3.95. The number of fused-ring (bicyclic) bond motifs is 6. The third kappa shape index (κ3) is 8.32. The molecule has 2 saturated carbocycles. The monoisotopic (exact) mass is 895 g/mol. The highest BCUT2D eigenvalue weighted by atomic mass is 31.1. The molecule has 64 heavy (non-hydrogen) atoms.